The van der Waals surface area contributed by atoms with Crippen LogP contribution >= 0.6 is 15.9 Å². The second kappa shape index (κ2) is 6.62. The maximum atomic E-state index is 11.4. The van der Waals surface area contributed by atoms with Crippen molar-refractivity contribution in [3.05, 3.63) is 28.2 Å². The summed E-state index contributed by atoms with van der Waals surface area (Å²) in [5.41, 5.74) is 1.83. The number of rotatable bonds is 5. The largest absolute Gasteiger partial charge is 0.375 e. The summed E-state index contributed by atoms with van der Waals surface area (Å²) in [6.45, 7) is 0.765. The highest BCUT2D eigenvalue weighted by molar-refractivity contribution is 9.10. The Morgan fingerprint density at radius 3 is 2.88 bits per heavy atom. The second-order valence-corrected chi connectivity index (χ2v) is 4.23. The molecule has 0 unspecified atom stereocenters. The quantitative estimate of drug-likeness (QED) is 0.867. The molecule has 0 bridgehead atoms. The van der Waals surface area contributed by atoms with E-state index in [9.17, 15) is 4.79 Å². The smallest absolute Gasteiger partial charge is 0.250 e. The Labute approximate surface area is 103 Å². The van der Waals surface area contributed by atoms with Crippen LogP contribution in [-0.2, 0) is 16.1 Å². The SMILES string of the molecule is CNCc1ccc(Br)cc1NC(=O)COC. The van der Waals surface area contributed by atoms with Crippen LogP contribution < -0.4 is 10.6 Å². The van der Waals surface area contributed by atoms with Crippen molar-refractivity contribution in [1.82, 2.24) is 5.32 Å². The molecule has 88 valence electrons. The van der Waals surface area contributed by atoms with Gasteiger partial charge in [0.25, 0.3) is 0 Å². The molecule has 0 aliphatic heterocycles. The molecule has 0 heterocycles. The molecule has 1 amide bonds. The average molecular weight is 287 g/mol. The van der Waals surface area contributed by atoms with E-state index in [4.69, 9.17) is 4.74 Å². The summed E-state index contributed by atoms with van der Waals surface area (Å²) in [7, 11) is 3.36. The van der Waals surface area contributed by atoms with Gasteiger partial charge in [0.1, 0.15) is 6.61 Å². The Balaban J connectivity index is 2.82. The molecule has 1 aromatic rings. The zero-order valence-electron chi connectivity index (χ0n) is 9.34. The zero-order chi connectivity index (χ0) is 12.0. The van der Waals surface area contributed by atoms with Gasteiger partial charge in [-0.15, -0.1) is 0 Å². The number of benzene rings is 1. The minimum Gasteiger partial charge on any atom is -0.375 e. The number of amides is 1. The molecule has 1 rings (SSSR count). The van der Waals surface area contributed by atoms with Crippen molar-refractivity contribution in [2.24, 2.45) is 0 Å². The lowest BCUT2D eigenvalue weighted by Crippen LogP contribution is -2.19. The third-order valence-electron chi connectivity index (χ3n) is 1.99. The molecule has 0 radical (unpaired) electrons. The Kier molecular flexibility index (Phi) is 5.45. The molecular formula is C11H15BrN2O2. The number of carbonyl (C=O) groups excluding carboxylic acids is 1. The fourth-order valence-corrected chi connectivity index (χ4v) is 1.69. The van der Waals surface area contributed by atoms with E-state index in [2.05, 4.69) is 26.6 Å². The first kappa shape index (κ1) is 13.2. The topological polar surface area (TPSA) is 50.4 Å². The van der Waals surface area contributed by atoms with Crippen molar-refractivity contribution < 1.29 is 9.53 Å². The summed E-state index contributed by atoms with van der Waals surface area (Å²) >= 11 is 3.37. The molecular weight excluding hydrogens is 272 g/mol. The van der Waals surface area contributed by atoms with Gasteiger partial charge in [0.05, 0.1) is 0 Å². The summed E-state index contributed by atoms with van der Waals surface area (Å²) in [6, 6.07) is 5.78. The minimum absolute atomic E-state index is 0.0610. The van der Waals surface area contributed by atoms with Crippen LogP contribution in [0.25, 0.3) is 0 Å². The fourth-order valence-electron chi connectivity index (χ4n) is 1.33. The summed E-state index contributed by atoms with van der Waals surface area (Å²) in [6.07, 6.45) is 0. The summed E-state index contributed by atoms with van der Waals surface area (Å²) < 4.78 is 5.70. The number of nitrogens with one attached hydrogen (secondary N) is 2. The van der Waals surface area contributed by atoms with Crippen LogP contribution in [0.4, 0.5) is 5.69 Å². The number of methoxy groups -OCH3 is 1. The van der Waals surface area contributed by atoms with Gasteiger partial charge in [-0.25, -0.2) is 0 Å². The lowest BCUT2D eigenvalue weighted by molar-refractivity contribution is -0.119. The van der Waals surface area contributed by atoms with Gasteiger partial charge in [-0.1, -0.05) is 22.0 Å². The molecule has 0 saturated heterocycles. The standard InChI is InChI=1S/C11H15BrN2O2/c1-13-6-8-3-4-9(12)5-10(8)14-11(15)7-16-2/h3-5,13H,6-7H2,1-2H3,(H,14,15). The Morgan fingerprint density at radius 2 is 2.25 bits per heavy atom. The van der Waals surface area contributed by atoms with Gasteiger partial charge in [0.15, 0.2) is 0 Å². The Morgan fingerprint density at radius 1 is 1.50 bits per heavy atom. The number of carbonyl (C=O) groups is 1. The third kappa shape index (κ3) is 3.92. The molecule has 0 atom stereocenters. The van der Waals surface area contributed by atoms with Crippen LogP contribution in [0.2, 0.25) is 0 Å². The average Bonchev–Trinajstić information content (AvgIpc) is 2.22. The van der Waals surface area contributed by atoms with Crippen molar-refractivity contribution in [2.45, 2.75) is 6.54 Å². The molecule has 0 fully saturated rings. The third-order valence-corrected chi connectivity index (χ3v) is 2.48. The van der Waals surface area contributed by atoms with Crippen molar-refractivity contribution in [3.63, 3.8) is 0 Å². The van der Waals surface area contributed by atoms with Crippen LogP contribution in [0.15, 0.2) is 22.7 Å². The number of ether oxygens (including phenoxy) is 1. The van der Waals surface area contributed by atoms with E-state index in [0.29, 0.717) is 6.54 Å². The van der Waals surface area contributed by atoms with Crippen molar-refractivity contribution in [3.8, 4) is 0 Å². The monoisotopic (exact) mass is 286 g/mol. The van der Waals surface area contributed by atoms with Gasteiger partial charge in [-0.05, 0) is 24.7 Å². The van der Waals surface area contributed by atoms with E-state index in [-0.39, 0.29) is 12.5 Å². The predicted molar refractivity (Wildman–Crippen MR) is 67.4 cm³/mol. The molecule has 1 aromatic carbocycles. The van der Waals surface area contributed by atoms with Crippen molar-refractivity contribution in [1.29, 1.82) is 0 Å². The molecule has 0 aromatic heterocycles. The van der Waals surface area contributed by atoms with Crippen LogP contribution in [0, 0.1) is 0 Å². The summed E-state index contributed by atoms with van der Waals surface area (Å²) in [5, 5.41) is 5.85. The first-order chi connectivity index (χ1) is 7.67. The van der Waals surface area contributed by atoms with E-state index in [0.717, 1.165) is 15.7 Å². The molecule has 16 heavy (non-hydrogen) atoms. The van der Waals surface area contributed by atoms with E-state index in [1.165, 1.54) is 7.11 Å². The van der Waals surface area contributed by atoms with Gasteiger partial charge < -0.3 is 15.4 Å². The second-order valence-electron chi connectivity index (χ2n) is 3.31. The maximum Gasteiger partial charge on any atom is 0.250 e. The van der Waals surface area contributed by atoms with Gasteiger partial charge in [-0.2, -0.15) is 0 Å². The van der Waals surface area contributed by atoms with Gasteiger partial charge in [0.2, 0.25) is 5.91 Å². The Bertz CT molecular complexity index is 369. The minimum atomic E-state index is -0.155. The highest BCUT2D eigenvalue weighted by atomic mass is 79.9. The highest BCUT2D eigenvalue weighted by Crippen LogP contribution is 2.21. The summed E-state index contributed by atoms with van der Waals surface area (Å²) in [5.74, 6) is -0.155. The highest BCUT2D eigenvalue weighted by Gasteiger charge is 2.06. The number of halogens is 1. The summed E-state index contributed by atoms with van der Waals surface area (Å²) in [4.78, 5) is 11.4. The lowest BCUT2D eigenvalue weighted by Gasteiger charge is -2.11. The van der Waals surface area contributed by atoms with E-state index >= 15 is 0 Å². The lowest BCUT2D eigenvalue weighted by atomic mass is 10.1. The maximum absolute atomic E-state index is 11.4. The van der Waals surface area contributed by atoms with Gasteiger partial charge in [0, 0.05) is 23.8 Å². The first-order valence-electron chi connectivity index (χ1n) is 4.89. The van der Waals surface area contributed by atoms with E-state index in [1.54, 1.807) is 0 Å². The zero-order valence-corrected chi connectivity index (χ0v) is 10.9. The van der Waals surface area contributed by atoms with Crippen LogP contribution in [0.5, 0.6) is 0 Å². The normalized spacial score (nSPS) is 10.2. The number of anilines is 1. The van der Waals surface area contributed by atoms with Gasteiger partial charge in [-0.3, -0.25) is 4.79 Å². The predicted octanol–water partition coefficient (Wildman–Crippen LogP) is 1.75. The van der Waals surface area contributed by atoms with Gasteiger partial charge >= 0.3 is 0 Å². The van der Waals surface area contributed by atoms with Crippen molar-refractivity contribution >= 4 is 27.5 Å². The molecule has 2 N–H and O–H groups in total. The van der Waals surface area contributed by atoms with E-state index < -0.39 is 0 Å². The fraction of sp³-hybridized carbons (Fsp3) is 0.364. The van der Waals surface area contributed by atoms with E-state index in [1.807, 2.05) is 25.2 Å². The first-order valence-corrected chi connectivity index (χ1v) is 5.68. The molecule has 0 spiro atoms. The molecule has 4 nitrogen and oxygen atoms in total. The number of hydrogen-bond donors (Lipinski definition) is 2. The number of hydrogen-bond acceptors (Lipinski definition) is 3. The van der Waals surface area contributed by atoms with Crippen molar-refractivity contribution in [2.75, 3.05) is 26.1 Å². The van der Waals surface area contributed by atoms with Crippen LogP contribution in [0.3, 0.4) is 0 Å². The van der Waals surface area contributed by atoms with Crippen LogP contribution in [-0.4, -0.2) is 26.7 Å². The molecule has 5 heteroatoms. The Hall–Kier alpha value is -0.910. The molecule has 0 saturated carbocycles. The van der Waals surface area contributed by atoms with Crippen LogP contribution in [0.1, 0.15) is 5.56 Å². The molecule has 0 aliphatic carbocycles. The molecule has 0 aliphatic rings.